The van der Waals surface area contributed by atoms with Gasteiger partial charge < -0.3 is 24.5 Å². The number of nitrogens with zero attached hydrogens (tertiary/aromatic N) is 3. The number of benzene rings is 1. The fraction of sp³-hybridized carbons (Fsp3) is 0.606. The molecule has 7 atom stereocenters. The van der Waals surface area contributed by atoms with E-state index < -0.39 is 29.6 Å². The molecule has 2 bridgehead atoms. The fourth-order valence-corrected chi connectivity index (χ4v) is 8.20. The number of rotatable bonds is 16. The highest BCUT2D eigenvalue weighted by Gasteiger charge is 2.76. The first-order valence-corrected chi connectivity index (χ1v) is 16.2. The van der Waals surface area contributed by atoms with E-state index in [1.807, 2.05) is 42.2 Å². The Kier molecular flexibility index (Phi) is 11.1. The molecule has 4 rings (SSSR count). The summed E-state index contributed by atoms with van der Waals surface area (Å²) >= 11 is 3.79. The van der Waals surface area contributed by atoms with Crippen LogP contribution in [0.3, 0.4) is 0 Å². The number of likely N-dealkylation sites (tertiary alicyclic amines) is 1. The first-order valence-electron chi connectivity index (χ1n) is 15.3. The van der Waals surface area contributed by atoms with Gasteiger partial charge in [-0.15, -0.1) is 13.2 Å². The van der Waals surface area contributed by atoms with Crippen LogP contribution in [-0.4, -0.2) is 92.4 Å². The summed E-state index contributed by atoms with van der Waals surface area (Å²) in [6, 6.07) is 8.91. The van der Waals surface area contributed by atoms with Crippen LogP contribution in [0, 0.1) is 11.8 Å². The average Bonchev–Trinajstić information content (AvgIpc) is 3.57. The van der Waals surface area contributed by atoms with E-state index in [9.17, 15) is 19.5 Å². The third-order valence-corrected chi connectivity index (χ3v) is 9.93. The number of ether oxygens (including phenoxy) is 1. The van der Waals surface area contributed by atoms with Crippen molar-refractivity contribution in [2.45, 2.75) is 87.5 Å². The van der Waals surface area contributed by atoms with Gasteiger partial charge in [-0.25, -0.2) is 0 Å². The number of aliphatic hydroxyl groups excluding tert-OH is 1. The maximum atomic E-state index is 14.5. The molecule has 230 valence electrons. The number of alkyl halides is 1. The van der Waals surface area contributed by atoms with E-state index >= 15 is 0 Å². The van der Waals surface area contributed by atoms with Crippen molar-refractivity contribution >= 4 is 33.7 Å². The lowest BCUT2D eigenvalue weighted by Gasteiger charge is -2.39. The van der Waals surface area contributed by atoms with E-state index in [2.05, 4.69) is 36.0 Å². The predicted molar refractivity (Wildman–Crippen MR) is 167 cm³/mol. The third-order valence-electron chi connectivity index (χ3n) is 9.09. The first kappa shape index (κ1) is 32.4. The highest BCUT2D eigenvalue weighted by atomic mass is 79.9. The third kappa shape index (κ3) is 6.10. The Morgan fingerprint density at radius 1 is 1.17 bits per heavy atom. The highest BCUT2D eigenvalue weighted by molar-refractivity contribution is 9.09. The number of hydrogen-bond donors (Lipinski definition) is 1. The fourth-order valence-electron chi connectivity index (χ4n) is 7.26. The van der Waals surface area contributed by atoms with Crippen molar-refractivity contribution in [3.8, 4) is 0 Å². The Morgan fingerprint density at radius 3 is 2.52 bits per heavy atom. The minimum Gasteiger partial charge on any atom is -0.396 e. The molecule has 1 spiro atoms. The second-order valence-corrected chi connectivity index (χ2v) is 13.1. The Labute approximate surface area is 258 Å². The number of fused-ring (bicyclic) bond motifs is 1. The lowest BCUT2D eigenvalue weighted by atomic mass is 9.70. The second kappa shape index (κ2) is 14.3. The zero-order valence-electron chi connectivity index (χ0n) is 25.0. The van der Waals surface area contributed by atoms with Crippen molar-refractivity contribution in [1.29, 1.82) is 0 Å². The molecule has 42 heavy (non-hydrogen) atoms. The van der Waals surface area contributed by atoms with E-state index in [-0.39, 0.29) is 35.2 Å². The molecule has 0 aromatic heterocycles. The number of hydrogen-bond acceptors (Lipinski definition) is 5. The molecular formula is C33H46BrN3O5. The summed E-state index contributed by atoms with van der Waals surface area (Å²) in [5.74, 6) is -1.93. The average molecular weight is 645 g/mol. The molecule has 3 amide bonds. The van der Waals surface area contributed by atoms with Gasteiger partial charge >= 0.3 is 0 Å². The van der Waals surface area contributed by atoms with Crippen molar-refractivity contribution in [2.24, 2.45) is 11.8 Å². The molecule has 9 heteroatoms. The zero-order valence-corrected chi connectivity index (χ0v) is 26.6. The molecule has 0 saturated carbocycles. The number of carbonyl (C=O) groups excluding carboxylic acids is 3. The van der Waals surface area contributed by atoms with Gasteiger partial charge in [0.1, 0.15) is 11.6 Å². The van der Waals surface area contributed by atoms with E-state index in [1.165, 1.54) is 0 Å². The molecule has 1 N–H and O–H groups in total. The highest BCUT2D eigenvalue weighted by Crippen LogP contribution is 2.60. The van der Waals surface area contributed by atoms with Crippen molar-refractivity contribution in [1.82, 2.24) is 14.7 Å². The molecule has 4 unspecified atom stereocenters. The van der Waals surface area contributed by atoms with E-state index in [0.717, 1.165) is 24.8 Å². The Hall–Kier alpha value is -2.49. The van der Waals surface area contributed by atoms with Crippen LogP contribution >= 0.6 is 15.9 Å². The number of halogens is 1. The maximum absolute atomic E-state index is 14.5. The van der Waals surface area contributed by atoms with Gasteiger partial charge in [-0.3, -0.25) is 14.4 Å². The lowest BCUT2D eigenvalue weighted by molar-refractivity contribution is -0.150. The summed E-state index contributed by atoms with van der Waals surface area (Å²) in [5, 5.41) is 9.31. The quantitative estimate of drug-likeness (QED) is 0.165. The standard InChI is InChI=1S/C33H46BrN3O5/c1-5-14-23(4)36(18-7-3)32(41)29-33-21-25(34)28(42-33)26(27(33)31(40)37(29)19-12-9-13-20-38)30(39)35(17-6-2)22-24-15-10-8-11-16-24/h6-8,10-11,15-16,23,25-29,38H,2-3,5,9,12-14,17-22H2,1,4H3/t23?,25?,26-,27+,28-,29?,33?/m1/s1. The van der Waals surface area contributed by atoms with Crippen LogP contribution < -0.4 is 0 Å². The number of unbranched alkanes of at least 4 members (excludes halogenated alkanes) is 2. The maximum Gasteiger partial charge on any atom is 0.248 e. The minimum atomic E-state index is -1.09. The second-order valence-electron chi connectivity index (χ2n) is 11.9. The van der Waals surface area contributed by atoms with E-state index in [4.69, 9.17) is 4.74 Å². The van der Waals surface area contributed by atoms with Crippen molar-refractivity contribution in [2.75, 3.05) is 26.2 Å². The normalized spacial score (nSPS) is 28.4. The van der Waals surface area contributed by atoms with Crippen molar-refractivity contribution in [3.05, 3.63) is 61.2 Å². The largest absolute Gasteiger partial charge is 0.396 e. The van der Waals surface area contributed by atoms with Gasteiger partial charge in [0, 0.05) is 43.7 Å². The van der Waals surface area contributed by atoms with Crippen LogP contribution in [0.15, 0.2) is 55.6 Å². The monoisotopic (exact) mass is 643 g/mol. The van der Waals surface area contributed by atoms with Crippen LogP contribution in [-0.2, 0) is 25.7 Å². The topological polar surface area (TPSA) is 90.4 Å². The van der Waals surface area contributed by atoms with Crippen molar-refractivity contribution < 1.29 is 24.2 Å². The molecule has 1 aromatic rings. The summed E-state index contributed by atoms with van der Waals surface area (Å²) < 4.78 is 6.74. The zero-order chi connectivity index (χ0) is 30.4. The SMILES string of the molecule is C=CCN(Cc1ccccc1)C(=O)[C@H]1[C@@H]2OC3(CC2Br)C(C(=O)N(CC=C)C(C)CCC)N(CCCCCO)C(=O)[C@H]13. The summed E-state index contributed by atoms with van der Waals surface area (Å²) in [6.45, 7) is 13.4. The molecule has 1 aromatic carbocycles. The first-order chi connectivity index (χ1) is 20.2. The minimum absolute atomic E-state index is 0.0351. The Bertz CT molecular complexity index is 1130. The van der Waals surface area contributed by atoms with Crippen molar-refractivity contribution in [3.63, 3.8) is 0 Å². The lowest BCUT2D eigenvalue weighted by Crippen LogP contribution is -2.58. The van der Waals surface area contributed by atoms with Gasteiger partial charge in [0.15, 0.2) is 0 Å². The smallest absolute Gasteiger partial charge is 0.248 e. The molecule has 0 radical (unpaired) electrons. The Balaban J connectivity index is 1.72. The summed E-state index contributed by atoms with van der Waals surface area (Å²) in [7, 11) is 0. The van der Waals surface area contributed by atoms with Gasteiger partial charge in [-0.1, -0.05) is 71.8 Å². The Morgan fingerprint density at radius 2 is 1.88 bits per heavy atom. The van der Waals surface area contributed by atoms with Gasteiger partial charge in [-0.2, -0.15) is 0 Å². The van der Waals surface area contributed by atoms with E-state index in [0.29, 0.717) is 45.4 Å². The molecular weight excluding hydrogens is 598 g/mol. The number of carbonyl (C=O) groups is 3. The van der Waals surface area contributed by atoms with Gasteiger partial charge in [0.25, 0.3) is 0 Å². The molecule has 3 saturated heterocycles. The van der Waals surface area contributed by atoms with Gasteiger partial charge in [-0.05, 0) is 44.6 Å². The van der Waals surface area contributed by atoms with Crippen LogP contribution in [0.5, 0.6) is 0 Å². The van der Waals surface area contributed by atoms with Crippen LogP contribution in [0.1, 0.15) is 57.9 Å². The molecule has 0 aliphatic carbocycles. The summed E-state index contributed by atoms with van der Waals surface area (Å²) in [5.41, 5.74) is -0.106. The molecule has 8 nitrogen and oxygen atoms in total. The van der Waals surface area contributed by atoms with Crippen LogP contribution in [0.2, 0.25) is 0 Å². The number of aliphatic hydroxyl groups is 1. The number of amides is 3. The van der Waals surface area contributed by atoms with E-state index in [1.54, 1.807) is 22.0 Å². The van der Waals surface area contributed by atoms with Gasteiger partial charge in [0.05, 0.1) is 17.9 Å². The molecule has 3 aliphatic rings. The van der Waals surface area contributed by atoms with Crippen LogP contribution in [0.25, 0.3) is 0 Å². The predicted octanol–water partition coefficient (Wildman–Crippen LogP) is 4.32. The summed E-state index contributed by atoms with van der Waals surface area (Å²) in [6.07, 6.45) is 7.16. The van der Waals surface area contributed by atoms with Gasteiger partial charge in [0.2, 0.25) is 17.7 Å². The molecule has 3 aliphatic heterocycles. The molecule has 3 fully saturated rings. The molecule has 3 heterocycles. The summed E-state index contributed by atoms with van der Waals surface area (Å²) in [4.78, 5) is 48.3. The van der Waals surface area contributed by atoms with Crippen LogP contribution in [0.4, 0.5) is 0 Å².